The molecule has 74 valence electrons. The molecule has 1 heterocycles. The van der Waals surface area contributed by atoms with E-state index in [1.54, 1.807) is 0 Å². The zero-order chi connectivity index (χ0) is 10.3. The molecule has 0 unspecified atom stereocenters. The van der Waals surface area contributed by atoms with Crippen LogP contribution in [0.15, 0.2) is 5.38 Å². The Balaban J connectivity index is 3.19. The van der Waals surface area contributed by atoms with E-state index >= 15 is 0 Å². The van der Waals surface area contributed by atoms with Crippen LogP contribution < -0.4 is 5.73 Å². The molecule has 0 bridgehead atoms. The van der Waals surface area contributed by atoms with Crippen molar-refractivity contribution < 1.29 is 0 Å². The van der Waals surface area contributed by atoms with Gasteiger partial charge in [0, 0.05) is 5.38 Å². The average molecular weight is 198 g/mol. The highest BCUT2D eigenvalue weighted by molar-refractivity contribution is 7.03. The van der Waals surface area contributed by atoms with Crippen LogP contribution in [0.25, 0.3) is 0 Å². The van der Waals surface area contributed by atoms with Gasteiger partial charge in [-0.15, -0.1) is 0 Å². The first kappa shape index (κ1) is 10.7. The summed E-state index contributed by atoms with van der Waals surface area (Å²) in [6, 6.07) is 0. The molecule has 0 aliphatic rings. The molecule has 1 aromatic rings. The molecule has 0 fully saturated rings. The van der Waals surface area contributed by atoms with E-state index in [4.69, 9.17) is 5.73 Å². The highest BCUT2D eigenvalue weighted by Gasteiger charge is 2.27. The second-order valence-corrected chi connectivity index (χ2v) is 5.68. The van der Waals surface area contributed by atoms with Crippen molar-refractivity contribution in [1.29, 1.82) is 0 Å². The van der Waals surface area contributed by atoms with Crippen LogP contribution in [0.1, 0.15) is 45.9 Å². The van der Waals surface area contributed by atoms with Gasteiger partial charge in [-0.2, -0.15) is 4.37 Å². The maximum atomic E-state index is 6.04. The number of rotatable bonds is 1. The van der Waals surface area contributed by atoms with Crippen LogP contribution in [0, 0.1) is 0 Å². The van der Waals surface area contributed by atoms with Crippen molar-refractivity contribution in [3.63, 3.8) is 0 Å². The van der Waals surface area contributed by atoms with E-state index in [1.165, 1.54) is 17.1 Å². The first-order valence-corrected chi connectivity index (χ1v) is 5.31. The molecule has 0 saturated heterocycles. The van der Waals surface area contributed by atoms with Gasteiger partial charge in [0.1, 0.15) is 0 Å². The summed E-state index contributed by atoms with van der Waals surface area (Å²) in [6.45, 7) is 10.6. The minimum absolute atomic E-state index is 0.138. The topological polar surface area (TPSA) is 38.9 Å². The molecule has 0 saturated carbocycles. The summed E-state index contributed by atoms with van der Waals surface area (Å²) in [7, 11) is 0. The quantitative estimate of drug-likeness (QED) is 0.753. The molecule has 13 heavy (non-hydrogen) atoms. The molecule has 0 aliphatic carbocycles. The van der Waals surface area contributed by atoms with E-state index in [1.807, 2.05) is 13.8 Å². The molecule has 1 rings (SSSR count). The van der Waals surface area contributed by atoms with Crippen LogP contribution >= 0.6 is 11.5 Å². The third-order valence-corrected chi connectivity index (χ3v) is 2.62. The van der Waals surface area contributed by atoms with Crippen LogP contribution in [0.2, 0.25) is 0 Å². The van der Waals surface area contributed by atoms with Crippen LogP contribution in [0.4, 0.5) is 0 Å². The van der Waals surface area contributed by atoms with Gasteiger partial charge < -0.3 is 5.73 Å². The lowest BCUT2D eigenvalue weighted by molar-refractivity contribution is 0.502. The Morgan fingerprint density at radius 3 is 2.08 bits per heavy atom. The monoisotopic (exact) mass is 198 g/mol. The van der Waals surface area contributed by atoms with E-state index in [9.17, 15) is 0 Å². The van der Waals surface area contributed by atoms with Crippen molar-refractivity contribution in [2.24, 2.45) is 5.73 Å². The molecule has 2 nitrogen and oxygen atoms in total. The van der Waals surface area contributed by atoms with Crippen LogP contribution in [0.5, 0.6) is 0 Å². The smallest absolute Gasteiger partial charge is 0.0772 e. The van der Waals surface area contributed by atoms with Gasteiger partial charge in [-0.3, -0.25) is 0 Å². The maximum Gasteiger partial charge on any atom is 0.0772 e. The molecule has 0 aromatic carbocycles. The Labute approximate surface area is 84.3 Å². The Hall–Kier alpha value is -0.410. The predicted molar refractivity (Wildman–Crippen MR) is 58.0 cm³/mol. The minimum atomic E-state index is -0.331. The highest BCUT2D eigenvalue weighted by Crippen LogP contribution is 2.31. The van der Waals surface area contributed by atoms with Crippen molar-refractivity contribution in [1.82, 2.24) is 4.37 Å². The zero-order valence-corrected chi connectivity index (χ0v) is 9.83. The van der Waals surface area contributed by atoms with Crippen LogP contribution in [-0.2, 0) is 11.0 Å². The minimum Gasteiger partial charge on any atom is -0.321 e. The lowest BCUT2D eigenvalue weighted by Gasteiger charge is -2.24. The molecule has 0 amide bonds. The van der Waals surface area contributed by atoms with Gasteiger partial charge >= 0.3 is 0 Å². The number of aromatic nitrogens is 1. The van der Waals surface area contributed by atoms with Crippen LogP contribution in [-0.4, -0.2) is 4.37 Å². The third kappa shape index (κ3) is 2.29. The molecule has 1 aromatic heterocycles. The molecule has 0 aliphatic heterocycles. The fraction of sp³-hybridized carbons (Fsp3) is 0.700. The summed E-state index contributed by atoms with van der Waals surface area (Å²) >= 11 is 1.49. The number of nitrogens with two attached hydrogens (primary N) is 1. The van der Waals surface area contributed by atoms with Gasteiger partial charge in [0.25, 0.3) is 0 Å². The van der Waals surface area contributed by atoms with E-state index in [2.05, 4.69) is 30.5 Å². The van der Waals surface area contributed by atoms with Crippen molar-refractivity contribution in [3.8, 4) is 0 Å². The third-order valence-electron chi connectivity index (χ3n) is 1.99. The second-order valence-electron chi connectivity index (χ2n) is 5.05. The van der Waals surface area contributed by atoms with Gasteiger partial charge in [-0.05, 0) is 36.4 Å². The van der Waals surface area contributed by atoms with Crippen molar-refractivity contribution in [2.45, 2.75) is 45.6 Å². The number of hydrogen-bond acceptors (Lipinski definition) is 3. The fourth-order valence-corrected chi connectivity index (χ4v) is 2.30. The number of nitrogens with zero attached hydrogens (tertiary/aromatic N) is 1. The van der Waals surface area contributed by atoms with E-state index in [0.717, 1.165) is 5.69 Å². The second kappa shape index (κ2) is 3.07. The molecular weight excluding hydrogens is 180 g/mol. The van der Waals surface area contributed by atoms with Crippen molar-refractivity contribution in [2.75, 3.05) is 0 Å². The maximum absolute atomic E-state index is 6.04. The predicted octanol–water partition coefficient (Wildman–Crippen LogP) is 2.63. The van der Waals surface area contributed by atoms with Crippen LogP contribution in [0.3, 0.4) is 0 Å². The summed E-state index contributed by atoms with van der Waals surface area (Å²) in [5, 5.41) is 2.10. The molecule has 0 radical (unpaired) electrons. The molecule has 3 heteroatoms. The average Bonchev–Trinajstić information content (AvgIpc) is 2.27. The van der Waals surface area contributed by atoms with E-state index < -0.39 is 0 Å². The standard InChI is InChI=1S/C10H18N2S/c1-9(2,3)7-6-13-12-8(7)10(4,5)11/h6H,11H2,1-5H3. The van der Waals surface area contributed by atoms with Gasteiger partial charge in [0.05, 0.1) is 11.2 Å². The summed E-state index contributed by atoms with van der Waals surface area (Å²) in [5.74, 6) is 0. The Kier molecular flexibility index (Phi) is 2.52. The Bertz CT molecular complexity index is 260. The summed E-state index contributed by atoms with van der Waals surface area (Å²) in [5.41, 5.74) is 8.15. The normalized spacial score (nSPS) is 13.4. The molecule has 0 spiro atoms. The summed E-state index contributed by atoms with van der Waals surface area (Å²) in [6.07, 6.45) is 0. The summed E-state index contributed by atoms with van der Waals surface area (Å²) in [4.78, 5) is 0. The number of hydrogen-bond donors (Lipinski definition) is 1. The first-order chi connectivity index (χ1) is 5.73. The first-order valence-electron chi connectivity index (χ1n) is 4.47. The highest BCUT2D eigenvalue weighted by atomic mass is 32.1. The lowest BCUT2D eigenvalue weighted by Crippen LogP contribution is -2.32. The molecule has 2 N–H and O–H groups in total. The summed E-state index contributed by atoms with van der Waals surface area (Å²) < 4.78 is 4.37. The van der Waals surface area contributed by atoms with Gasteiger partial charge in [0.2, 0.25) is 0 Å². The van der Waals surface area contributed by atoms with E-state index in [-0.39, 0.29) is 11.0 Å². The van der Waals surface area contributed by atoms with Crippen molar-refractivity contribution in [3.05, 3.63) is 16.6 Å². The van der Waals surface area contributed by atoms with Gasteiger partial charge in [-0.25, -0.2) is 0 Å². The Morgan fingerprint density at radius 1 is 1.23 bits per heavy atom. The lowest BCUT2D eigenvalue weighted by atomic mass is 9.83. The Morgan fingerprint density at radius 2 is 1.77 bits per heavy atom. The largest absolute Gasteiger partial charge is 0.321 e. The van der Waals surface area contributed by atoms with Gasteiger partial charge in [-0.1, -0.05) is 20.8 Å². The zero-order valence-electron chi connectivity index (χ0n) is 9.01. The fourth-order valence-electron chi connectivity index (χ4n) is 1.23. The SMILES string of the molecule is CC(C)(C)c1csnc1C(C)(C)N. The molecule has 0 atom stereocenters. The van der Waals surface area contributed by atoms with E-state index in [0.29, 0.717) is 0 Å². The van der Waals surface area contributed by atoms with Crippen molar-refractivity contribution >= 4 is 11.5 Å². The molecular formula is C10H18N2S. The van der Waals surface area contributed by atoms with Gasteiger partial charge in [0.15, 0.2) is 0 Å².